The lowest BCUT2D eigenvalue weighted by molar-refractivity contribution is -0.142. The average Bonchev–Trinajstić information content (AvgIpc) is 2.78. The summed E-state index contributed by atoms with van der Waals surface area (Å²) in [5, 5.41) is 2.68. The van der Waals surface area contributed by atoms with Crippen LogP contribution >= 0.6 is 0 Å². The molecule has 0 aromatic heterocycles. The third kappa shape index (κ3) is 4.58. The Kier molecular flexibility index (Phi) is 4.98. The van der Waals surface area contributed by atoms with Gasteiger partial charge in [-0.05, 0) is 19.4 Å². The minimum atomic E-state index is -0.668. The van der Waals surface area contributed by atoms with Crippen molar-refractivity contribution in [3.63, 3.8) is 0 Å². The van der Waals surface area contributed by atoms with E-state index in [1.807, 2.05) is 44.2 Å². The van der Waals surface area contributed by atoms with Gasteiger partial charge in [-0.3, -0.25) is 0 Å². The zero-order valence-electron chi connectivity index (χ0n) is 12.4. The molecule has 0 unspecified atom stereocenters. The Hall–Kier alpha value is -1.85. The molecule has 2 rings (SSSR count). The summed E-state index contributed by atoms with van der Waals surface area (Å²) in [6.07, 6.45) is 0.697. The number of hydrogen-bond donors (Lipinski definition) is 1. The SMILES string of the molecule is C=C[C@@H]1OC(C)(C)O[C@@H]1CNC(=O)OCc1ccccc1. The van der Waals surface area contributed by atoms with E-state index in [1.54, 1.807) is 6.08 Å². The third-order valence-electron chi connectivity index (χ3n) is 3.11. The van der Waals surface area contributed by atoms with Gasteiger partial charge < -0.3 is 19.5 Å². The van der Waals surface area contributed by atoms with Crippen LogP contribution in [0.1, 0.15) is 19.4 Å². The fourth-order valence-corrected chi connectivity index (χ4v) is 2.18. The topological polar surface area (TPSA) is 56.8 Å². The van der Waals surface area contributed by atoms with Crippen molar-refractivity contribution in [3.8, 4) is 0 Å². The van der Waals surface area contributed by atoms with Gasteiger partial charge >= 0.3 is 6.09 Å². The number of rotatable bonds is 5. The first-order valence-electron chi connectivity index (χ1n) is 6.93. The van der Waals surface area contributed by atoms with Gasteiger partial charge in [0, 0.05) is 0 Å². The quantitative estimate of drug-likeness (QED) is 0.847. The number of alkyl carbamates (subject to hydrolysis) is 1. The molecule has 0 bridgehead atoms. The lowest BCUT2D eigenvalue weighted by Crippen LogP contribution is -2.37. The summed E-state index contributed by atoms with van der Waals surface area (Å²) in [7, 11) is 0. The van der Waals surface area contributed by atoms with E-state index in [4.69, 9.17) is 14.2 Å². The van der Waals surface area contributed by atoms with Gasteiger partial charge in [-0.15, -0.1) is 6.58 Å². The van der Waals surface area contributed by atoms with Crippen molar-refractivity contribution in [2.24, 2.45) is 0 Å². The Labute approximate surface area is 124 Å². The van der Waals surface area contributed by atoms with Gasteiger partial charge in [-0.2, -0.15) is 0 Å². The zero-order valence-corrected chi connectivity index (χ0v) is 12.4. The molecule has 21 heavy (non-hydrogen) atoms. The maximum atomic E-state index is 11.7. The van der Waals surface area contributed by atoms with E-state index in [0.29, 0.717) is 6.54 Å². The minimum absolute atomic E-state index is 0.241. The van der Waals surface area contributed by atoms with Crippen LogP contribution in [0.15, 0.2) is 43.0 Å². The first-order chi connectivity index (χ1) is 10.00. The standard InChI is InChI=1S/C16H21NO4/c1-4-13-14(21-16(2,3)20-13)10-17-15(18)19-11-12-8-6-5-7-9-12/h4-9,13-14H,1,10-11H2,2-3H3,(H,17,18)/t13-,14+/m0/s1. The van der Waals surface area contributed by atoms with Crippen LogP contribution in [0.3, 0.4) is 0 Å². The molecule has 1 heterocycles. The van der Waals surface area contributed by atoms with Gasteiger partial charge in [0.25, 0.3) is 0 Å². The molecule has 2 atom stereocenters. The van der Waals surface area contributed by atoms with Crippen LogP contribution in [0, 0.1) is 0 Å². The summed E-state index contributed by atoms with van der Waals surface area (Å²) in [6.45, 7) is 7.93. The maximum absolute atomic E-state index is 11.7. The molecule has 1 amide bonds. The van der Waals surface area contributed by atoms with E-state index < -0.39 is 11.9 Å². The summed E-state index contributed by atoms with van der Waals surface area (Å²) >= 11 is 0. The Morgan fingerprint density at radius 3 is 2.76 bits per heavy atom. The number of nitrogens with one attached hydrogen (secondary N) is 1. The summed E-state index contributed by atoms with van der Waals surface area (Å²) in [4.78, 5) is 11.7. The number of amides is 1. The Morgan fingerprint density at radius 1 is 1.38 bits per heavy atom. The smallest absolute Gasteiger partial charge is 0.407 e. The summed E-state index contributed by atoms with van der Waals surface area (Å²) in [6, 6.07) is 9.52. The Balaban J connectivity index is 1.75. The first-order valence-corrected chi connectivity index (χ1v) is 6.93. The Morgan fingerprint density at radius 2 is 2.10 bits per heavy atom. The predicted octanol–water partition coefficient (Wildman–Crippen LogP) is 2.62. The Bertz CT molecular complexity index is 486. The first kappa shape index (κ1) is 15.5. The van der Waals surface area contributed by atoms with E-state index >= 15 is 0 Å². The van der Waals surface area contributed by atoms with Crippen LogP contribution in [-0.4, -0.2) is 30.6 Å². The maximum Gasteiger partial charge on any atom is 0.407 e. The van der Waals surface area contributed by atoms with Crippen molar-refractivity contribution in [2.75, 3.05) is 6.54 Å². The molecule has 1 fully saturated rings. The molecule has 0 aliphatic carbocycles. The molecule has 1 N–H and O–H groups in total. The molecule has 1 aliphatic heterocycles. The monoisotopic (exact) mass is 291 g/mol. The molecule has 1 aliphatic rings. The largest absolute Gasteiger partial charge is 0.445 e. The van der Waals surface area contributed by atoms with Crippen LogP contribution in [0.25, 0.3) is 0 Å². The highest BCUT2D eigenvalue weighted by atomic mass is 16.7. The number of carbonyl (C=O) groups excluding carboxylic acids is 1. The molecule has 114 valence electrons. The second-order valence-electron chi connectivity index (χ2n) is 5.32. The highest BCUT2D eigenvalue weighted by Gasteiger charge is 2.39. The lowest BCUT2D eigenvalue weighted by atomic mass is 10.2. The minimum Gasteiger partial charge on any atom is -0.445 e. The molecule has 1 aromatic rings. The highest BCUT2D eigenvalue weighted by Crippen LogP contribution is 2.28. The zero-order chi connectivity index (χ0) is 15.3. The van der Waals surface area contributed by atoms with E-state index in [0.717, 1.165) is 5.56 Å². The molecule has 5 nitrogen and oxygen atoms in total. The van der Waals surface area contributed by atoms with E-state index in [9.17, 15) is 4.79 Å². The van der Waals surface area contributed by atoms with Crippen molar-refractivity contribution in [1.82, 2.24) is 5.32 Å². The summed E-state index contributed by atoms with van der Waals surface area (Å²) in [5.74, 6) is -0.668. The van der Waals surface area contributed by atoms with Crippen molar-refractivity contribution in [3.05, 3.63) is 48.6 Å². The van der Waals surface area contributed by atoms with Crippen LogP contribution in [0.4, 0.5) is 4.79 Å². The molecular formula is C16H21NO4. The van der Waals surface area contributed by atoms with Gasteiger partial charge in [-0.25, -0.2) is 4.79 Å². The van der Waals surface area contributed by atoms with Gasteiger partial charge in [0.1, 0.15) is 18.8 Å². The summed E-state index contributed by atoms with van der Waals surface area (Å²) < 4.78 is 16.5. The van der Waals surface area contributed by atoms with Gasteiger partial charge in [0.2, 0.25) is 0 Å². The van der Waals surface area contributed by atoms with Gasteiger partial charge in [-0.1, -0.05) is 36.4 Å². The molecule has 1 saturated heterocycles. The average molecular weight is 291 g/mol. The van der Waals surface area contributed by atoms with Crippen LogP contribution < -0.4 is 5.32 Å². The van der Waals surface area contributed by atoms with Crippen molar-refractivity contribution in [2.45, 2.75) is 38.4 Å². The van der Waals surface area contributed by atoms with E-state index in [1.165, 1.54) is 0 Å². The second-order valence-corrected chi connectivity index (χ2v) is 5.32. The second kappa shape index (κ2) is 6.74. The molecular weight excluding hydrogens is 270 g/mol. The molecule has 5 heteroatoms. The normalized spacial score (nSPS) is 23.5. The fraction of sp³-hybridized carbons (Fsp3) is 0.438. The van der Waals surface area contributed by atoms with E-state index in [-0.39, 0.29) is 18.8 Å². The fourth-order valence-electron chi connectivity index (χ4n) is 2.18. The van der Waals surface area contributed by atoms with Gasteiger partial charge in [0.15, 0.2) is 5.79 Å². The highest BCUT2D eigenvalue weighted by molar-refractivity contribution is 5.67. The number of ether oxygens (including phenoxy) is 3. The number of carbonyl (C=O) groups is 1. The van der Waals surface area contributed by atoms with Crippen molar-refractivity contribution < 1.29 is 19.0 Å². The predicted molar refractivity (Wildman–Crippen MR) is 78.7 cm³/mol. The molecule has 1 aromatic carbocycles. The lowest BCUT2D eigenvalue weighted by Gasteiger charge is -2.17. The third-order valence-corrected chi connectivity index (χ3v) is 3.11. The molecule has 0 spiro atoms. The molecule has 0 radical (unpaired) electrons. The van der Waals surface area contributed by atoms with E-state index in [2.05, 4.69) is 11.9 Å². The number of hydrogen-bond acceptors (Lipinski definition) is 4. The number of benzene rings is 1. The van der Waals surface area contributed by atoms with Crippen LogP contribution in [0.2, 0.25) is 0 Å². The van der Waals surface area contributed by atoms with Gasteiger partial charge in [0.05, 0.1) is 6.54 Å². The van der Waals surface area contributed by atoms with Crippen LogP contribution in [0.5, 0.6) is 0 Å². The summed E-state index contributed by atoms with van der Waals surface area (Å²) in [5.41, 5.74) is 0.943. The molecule has 0 saturated carbocycles. The van der Waals surface area contributed by atoms with Crippen molar-refractivity contribution >= 4 is 6.09 Å². The van der Waals surface area contributed by atoms with Crippen molar-refractivity contribution in [1.29, 1.82) is 0 Å². The van der Waals surface area contributed by atoms with Crippen LogP contribution in [-0.2, 0) is 20.8 Å².